The van der Waals surface area contributed by atoms with E-state index in [1.807, 2.05) is 48.2 Å². The number of aryl methyl sites for hydroxylation is 1. The van der Waals surface area contributed by atoms with Gasteiger partial charge in [-0.1, -0.05) is 29.8 Å². The van der Waals surface area contributed by atoms with E-state index in [2.05, 4.69) is 5.32 Å². The molecule has 4 rings (SSSR count). The summed E-state index contributed by atoms with van der Waals surface area (Å²) in [6.07, 6.45) is 2.81. The standard InChI is InChI=1S/C28H30ClN3O3.ClH/c1-31(2)16-17-35-26-12-4-3-11-24(26)27(33)30-23-10-7-9-21(19-23)28(34)32-15-6-5-8-20-18-22(29)13-14-25(20)32;/h3-4,7,9-14,18-19H,5-6,8,15-17H2,1-2H3,(H,30,33);1H. The Bertz CT molecular complexity index is 1220. The van der Waals surface area contributed by atoms with E-state index in [0.717, 1.165) is 37.1 Å². The molecule has 2 amide bonds. The number of nitrogens with zero attached hydrogens (tertiary/aromatic N) is 2. The van der Waals surface area contributed by atoms with Gasteiger partial charge in [0, 0.05) is 35.1 Å². The number of nitrogens with one attached hydrogen (secondary N) is 1. The minimum Gasteiger partial charge on any atom is -0.491 e. The molecule has 0 bridgehead atoms. The summed E-state index contributed by atoms with van der Waals surface area (Å²) < 4.78 is 5.83. The fourth-order valence-corrected chi connectivity index (χ4v) is 4.33. The Hall–Kier alpha value is -3.06. The SMILES string of the molecule is CN(C)CCOc1ccccc1C(=O)Nc1cccc(C(=O)N2CCCCc3cc(Cl)ccc32)c1.Cl. The first-order valence-electron chi connectivity index (χ1n) is 11.8. The first kappa shape index (κ1) is 27.5. The summed E-state index contributed by atoms with van der Waals surface area (Å²) >= 11 is 6.19. The number of likely N-dealkylation sites (N-methyl/N-ethyl adjacent to an activating group) is 1. The quantitative estimate of drug-likeness (QED) is 0.413. The third kappa shape index (κ3) is 6.78. The summed E-state index contributed by atoms with van der Waals surface area (Å²) in [7, 11) is 3.94. The maximum Gasteiger partial charge on any atom is 0.259 e. The van der Waals surface area contributed by atoms with Crippen molar-refractivity contribution in [2.75, 3.05) is 44.0 Å². The lowest BCUT2D eigenvalue weighted by molar-refractivity contribution is 0.0984. The monoisotopic (exact) mass is 527 g/mol. The normalized spacial score (nSPS) is 12.8. The highest BCUT2D eigenvalue weighted by atomic mass is 35.5. The molecule has 1 heterocycles. The third-order valence-electron chi connectivity index (χ3n) is 5.95. The summed E-state index contributed by atoms with van der Waals surface area (Å²) in [6.45, 7) is 1.86. The van der Waals surface area contributed by atoms with Crippen molar-refractivity contribution in [3.05, 3.63) is 88.4 Å². The topological polar surface area (TPSA) is 61.9 Å². The Morgan fingerprint density at radius 3 is 2.64 bits per heavy atom. The third-order valence-corrected chi connectivity index (χ3v) is 6.19. The highest BCUT2D eigenvalue weighted by Crippen LogP contribution is 2.30. The van der Waals surface area contributed by atoms with E-state index in [1.165, 1.54) is 0 Å². The van der Waals surface area contributed by atoms with Gasteiger partial charge in [-0.05, 0) is 87.5 Å². The number of anilines is 2. The Balaban J connectivity index is 0.00000361. The number of hydrogen-bond donors (Lipinski definition) is 1. The zero-order valence-corrected chi connectivity index (χ0v) is 22.1. The van der Waals surface area contributed by atoms with Crippen molar-refractivity contribution in [3.8, 4) is 5.75 Å². The predicted octanol–water partition coefficient (Wildman–Crippen LogP) is 5.94. The average Bonchev–Trinajstić information content (AvgIpc) is 3.05. The van der Waals surface area contributed by atoms with Gasteiger partial charge in [-0.2, -0.15) is 0 Å². The van der Waals surface area contributed by atoms with Gasteiger partial charge in [0.2, 0.25) is 0 Å². The number of benzene rings is 3. The van der Waals surface area contributed by atoms with Crippen LogP contribution in [0, 0.1) is 0 Å². The predicted molar refractivity (Wildman–Crippen MR) is 148 cm³/mol. The minimum atomic E-state index is -0.287. The van der Waals surface area contributed by atoms with Crippen LogP contribution in [-0.2, 0) is 6.42 Å². The molecule has 1 aliphatic rings. The van der Waals surface area contributed by atoms with E-state index in [1.54, 1.807) is 42.5 Å². The summed E-state index contributed by atoms with van der Waals surface area (Å²) in [4.78, 5) is 30.4. The van der Waals surface area contributed by atoms with Crippen LogP contribution in [0.4, 0.5) is 11.4 Å². The fourth-order valence-electron chi connectivity index (χ4n) is 4.14. The van der Waals surface area contributed by atoms with Gasteiger partial charge in [0.15, 0.2) is 0 Å². The lowest BCUT2D eigenvalue weighted by atomic mass is 10.1. The van der Waals surface area contributed by atoms with Crippen LogP contribution < -0.4 is 15.0 Å². The second-order valence-corrected chi connectivity index (χ2v) is 9.31. The van der Waals surface area contributed by atoms with E-state index < -0.39 is 0 Å². The molecular formula is C28H31Cl2N3O3. The number of ether oxygens (including phenoxy) is 1. The summed E-state index contributed by atoms with van der Waals surface area (Å²) in [5.41, 5.74) is 3.49. The van der Waals surface area contributed by atoms with Crippen LogP contribution in [0.5, 0.6) is 5.75 Å². The number of carbonyl (C=O) groups is 2. The van der Waals surface area contributed by atoms with Gasteiger partial charge in [-0.15, -0.1) is 12.4 Å². The first-order valence-corrected chi connectivity index (χ1v) is 12.2. The molecule has 0 radical (unpaired) electrons. The van der Waals surface area contributed by atoms with Crippen LogP contribution in [0.15, 0.2) is 66.7 Å². The number of para-hydroxylation sites is 1. The second-order valence-electron chi connectivity index (χ2n) is 8.87. The average molecular weight is 528 g/mol. The molecule has 0 fully saturated rings. The number of amides is 2. The van der Waals surface area contributed by atoms with Gasteiger partial charge in [0.1, 0.15) is 12.4 Å². The largest absolute Gasteiger partial charge is 0.491 e. The fraction of sp³-hybridized carbons (Fsp3) is 0.286. The molecular weight excluding hydrogens is 497 g/mol. The Morgan fingerprint density at radius 2 is 1.83 bits per heavy atom. The molecule has 1 aliphatic heterocycles. The van der Waals surface area contributed by atoms with Gasteiger partial charge in [-0.25, -0.2) is 0 Å². The maximum atomic E-state index is 13.5. The molecule has 1 N–H and O–H groups in total. The molecule has 0 aliphatic carbocycles. The van der Waals surface area contributed by atoms with Gasteiger partial charge in [0.25, 0.3) is 11.8 Å². The molecule has 0 atom stereocenters. The van der Waals surface area contributed by atoms with Crippen LogP contribution in [0.1, 0.15) is 39.1 Å². The second kappa shape index (κ2) is 12.8. The van der Waals surface area contributed by atoms with E-state index in [0.29, 0.717) is 40.7 Å². The Kier molecular flexibility index (Phi) is 9.76. The zero-order valence-electron chi connectivity index (χ0n) is 20.5. The number of carbonyl (C=O) groups excluding carboxylic acids is 2. The van der Waals surface area contributed by atoms with Crippen LogP contribution in [0.25, 0.3) is 0 Å². The molecule has 6 nitrogen and oxygen atoms in total. The molecule has 0 spiro atoms. The summed E-state index contributed by atoms with van der Waals surface area (Å²) in [5.74, 6) is 0.141. The van der Waals surface area contributed by atoms with Gasteiger partial charge < -0.3 is 19.9 Å². The van der Waals surface area contributed by atoms with Crippen molar-refractivity contribution in [1.82, 2.24) is 4.90 Å². The maximum absolute atomic E-state index is 13.5. The number of hydrogen-bond acceptors (Lipinski definition) is 4. The van der Waals surface area contributed by atoms with Crippen LogP contribution in [0.3, 0.4) is 0 Å². The highest BCUT2D eigenvalue weighted by Gasteiger charge is 2.23. The summed E-state index contributed by atoms with van der Waals surface area (Å²) in [5, 5.41) is 3.59. The van der Waals surface area contributed by atoms with E-state index >= 15 is 0 Å². The van der Waals surface area contributed by atoms with Crippen LogP contribution in [0.2, 0.25) is 5.02 Å². The van der Waals surface area contributed by atoms with Crippen molar-refractivity contribution in [1.29, 1.82) is 0 Å². The summed E-state index contributed by atoms with van der Waals surface area (Å²) in [6, 6.07) is 19.9. The number of fused-ring (bicyclic) bond motifs is 1. The van der Waals surface area contributed by atoms with Crippen molar-refractivity contribution < 1.29 is 14.3 Å². The highest BCUT2D eigenvalue weighted by molar-refractivity contribution is 6.30. The van der Waals surface area contributed by atoms with Crippen LogP contribution in [-0.4, -0.2) is 50.5 Å². The molecule has 0 saturated heterocycles. The molecule has 3 aromatic carbocycles. The lowest BCUT2D eigenvalue weighted by Crippen LogP contribution is -2.31. The molecule has 0 unspecified atom stereocenters. The Labute approximate surface area is 223 Å². The lowest BCUT2D eigenvalue weighted by Gasteiger charge is -2.23. The first-order chi connectivity index (χ1) is 16.9. The smallest absolute Gasteiger partial charge is 0.259 e. The zero-order chi connectivity index (χ0) is 24.8. The van der Waals surface area contributed by atoms with Crippen molar-refractivity contribution in [3.63, 3.8) is 0 Å². The van der Waals surface area contributed by atoms with Gasteiger partial charge >= 0.3 is 0 Å². The molecule has 0 saturated carbocycles. The molecule has 190 valence electrons. The van der Waals surface area contributed by atoms with Crippen molar-refractivity contribution in [2.24, 2.45) is 0 Å². The Morgan fingerprint density at radius 1 is 1.03 bits per heavy atom. The van der Waals surface area contributed by atoms with Crippen LogP contribution >= 0.6 is 24.0 Å². The van der Waals surface area contributed by atoms with E-state index in [9.17, 15) is 9.59 Å². The minimum absolute atomic E-state index is 0. The van der Waals surface area contributed by atoms with Crippen molar-refractivity contribution in [2.45, 2.75) is 19.3 Å². The van der Waals surface area contributed by atoms with Gasteiger partial charge in [0.05, 0.1) is 5.56 Å². The molecule has 36 heavy (non-hydrogen) atoms. The molecule has 3 aromatic rings. The number of rotatable bonds is 7. The van der Waals surface area contributed by atoms with E-state index in [4.69, 9.17) is 16.3 Å². The number of halogens is 2. The van der Waals surface area contributed by atoms with Gasteiger partial charge in [-0.3, -0.25) is 9.59 Å². The molecule has 0 aromatic heterocycles. The molecule has 8 heteroatoms. The van der Waals surface area contributed by atoms with Crippen molar-refractivity contribution >= 4 is 47.2 Å². The van der Waals surface area contributed by atoms with E-state index in [-0.39, 0.29) is 24.2 Å².